The fourth-order valence-corrected chi connectivity index (χ4v) is 7.47. The number of halogens is 1. The molecule has 8 nitrogen and oxygen atoms in total. The van der Waals surface area contributed by atoms with E-state index in [-0.39, 0.29) is 11.7 Å². The molecule has 1 aromatic rings. The van der Waals surface area contributed by atoms with Gasteiger partial charge >= 0.3 is 6.02 Å². The predicted molar refractivity (Wildman–Crippen MR) is 96.3 cm³/mol. The Hall–Kier alpha value is -2.01. The zero-order valence-electron chi connectivity index (χ0n) is 15.3. The number of Topliss-reactive ketones (excluding diaryl/α,β-unsaturated/α-hetero) is 1. The Bertz CT molecular complexity index is 1110. The summed E-state index contributed by atoms with van der Waals surface area (Å²) < 4.78 is 67.4. The van der Waals surface area contributed by atoms with Crippen LogP contribution in [0.3, 0.4) is 0 Å². The first-order valence-corrected chi connectivity index (χ1v) is 11.8. The Labute approximate surface area is 162 Å². The zero-order valence-corrected chi connectivity index (χ0v) is 16.9. The van der Waals surface area contributed by atoms with E-state index < -0.39 is 53.4 Å². The third kappa shape index (κ3) is 2.66. The van der Waals surface area contributed by atoms with Gasteiger partial charge in [0.05, 0.1) is 11.2 Å². The van der Waals surface area contributed by atoms with Gasteiger partial charge in [-0.1, -0.05) is 30.4 Å². The molecule has 28 heavy (non-hydrogen) atoms. The second-order valence-electron chi connectivity index (χ2n) is 8.02. The van der Waals surface area contributed by atoms with E-state index >= 15 is 0 Å². The molecule has 3 aliphatic rings. The Morgan fingerprint density at radius 2 is 1.93 bits per heavy atom. The second-order valence-corrected chi connectivity index (χ2v) is 11.4. The number of ketones is 1. The van der Waals surface area contributed by atoms with E-state index in [1.54, 1.807) is 0 Å². The summed E-state index contributed by atoms with van der Waals surface area (Å²) in [6, 6.07) is 3.96. The lowest BCUT2D eigenvalue weighted by Gasteiger charge is -2.35. The topological polar surface area (TPSA) is 113 Å². The van der Waals surface area contributed by atoms with Gasteiger partial charge in [-0.2, -0.15) is 8.42 Å². The van der Waals surface area contributed by atoms with Gasteiger partial charge in [-0.25, -0.2) is 12.8 Å². The van der Waals surface area contributed by atoms with Gasteiger partial charge in [0, 0.05) is 6.42 Å². The lowest BCUT2D eigenvalue weighted by atomic mass is 9.70. The quantitative estimate of drug-likeness (QED) is 0.659. The van der Waals surface area contributed by atoms with E-state index in [0.29, 0.717) is 17.3 Å². The SMILES string of the molecule is CC1(C)C2CCC1(CS(=O)(=O)N1OC1=NS(=O)(=O)c1ccccc1F)C(=O)C2. The van der Waals surface area contributed by atoms with Crippen LogP contribution < -0.4 is 0 Å². The summed E-state index contributed by atoms with van der Waals surface area (Å²) in [6.45, 7) is 3.79. The van der Waals surface area contributed by atoms with Crippen molar-refractivity contribution < 1.29 is 30.9 Å². The van der Waals surface area contributed by atoms with Crippen molar-refractivity contribution in [2.45, 2.75) is 38.0 Å². The van der Waals surface area contributed by atoms with Crippen LogP contribution in [0.4, 0.5) is 4.39 Å². The number of rotatable bonds is 5. The van der Waals surface area contributed by atoms with E-state index in [9.17, 15) is 26.0 Å². The predicted octanol–water partition coefficient (Wildman–Crippen LogP) is 1.84. The molecule has 2 atom stereocenters. The van der Waals surface area contributed by atoms with E-state index in [4.69, 9.17) is 4.84 Å². The molecular weight excluding hydrogens is 411 g/mol. The highest BCUT2D eigenvalue weighted by atomic mass is 32.2. The number of nitrogens with zero attached hydrogens (tertiary/aromatic N) is 2. The van der Waals surface area contributed by atoms with Gasteiger partial charge < -0.3 is 4.84 Å². The van der Waals surface area contributed by atoms with Crippen molar-refractivity contribution in [1.29, 1.82) is 0 Å². The van der Waals surface area contributed by atoms with Crippen molar-refractivity contribution in [1.82, 2.24) is 4.47 Å². The number of benzene rings is 1. The van der Waals surface area contributed by atoms with Gasteiger partial charge in [0.25, 0.3) is 20.0 Å². The van der Waals surface area contributed by atoms with E-state index in [0.717, 1.165) is 18.6 Å². The Morgan fingerprint density at radius 3 is 2.50 bits per heavy atom. The van der Waals surface area contributed by atoms with Crippen molar-refractivity contribution in [2.24, 2.45) is 21.1 Å². The van der Waals surface area contributed by atoms with Crippen molar-refractivity contribution >= 4 is 31.9 Å². The van der Waals surface area contributed by atoms with E-state index in [2.05, 4.69) is 4.40 Å². The Balaban J connectivity index is 1.59. The molecule has 0 N–H and O–H groups in total. The molecule has 2 unspecified atom stereocenters. The number of sulfonamides is 2. The summed E-state index contributed by atoms with van der Waals surface area (Å²) in [4.78, 5) is 16.6. The smallest absolute Gasteiger partial charge is 0.315 e. The number of hydrogen-bond donors (Lipinski definition) is 0. The Morgan fingerprint density at radius 1 is 1.25 bits per heavy atom. The minimum absolute atomic E-state index is 0.0864. The summed E-state index contributed by atoms with van der Waals surface area (Å²) >= 11 is 0. The zero-order chi connectivity index (χ0) is 20.5. The molecule has 1 heterocycles. The van der Waals surface area contributed by atoms with Gasteiger partial charge in [-0.15, -0.1) is 0 Å². The molecule has 152 valence electrons. The second kappa shape index (κ2) is 5.76. The van der Waals surface area contributed by atoms with Crippen LogP contribution in [-0.2, 0) is 29.7 Å². The molecule has 1 aliphatic heterocycles. The first kappa shape index (κ1) is 19.3. The average molecular weight is 430 g/mol. The number of carbonyl (C=O) groups excluding carboxylic acids is 1. The van der Waals surface area contributed by atoms with Gasteiger partial charge in [0.1, 0.15) is 16.5 Å². The number of fused-ring (bicyclic) bond motifs is 2. The maximum atomic E-state index is 13.7. The standard InChI is InChI=1S/C17H19FN2O6S2/c1-16(2)11-7-8-17(16,14(21)9-11)10-27(22,23)20-15(26-20)19-28(24,25)13-6-4-3-5-12(13)18/h3-6,11H,7-10H2,1-2H3. The van der Waals surface area contributed by atoms with Crippen molar-refractivity contribution in [2.75, 3.05) is 5.75 Å². The molecule has 4 rings (SSSR count). The molecular formula is C17H19FN2O6S2. The number of hydroxylamine groups is 1. The highest BCUT2D eigenvalue weighted by Gasteiger charge is 2.66. The van der Waals surface area contributed by atoms with Gasteiger partial charge in [-0.3, -0.25) is 4.79 Å². The molecule has 1 saturated heterocycles. The van der Waals surface area contributed by atoms with Crippen LogP contribution in [0.2, 0.25) is 0 Å². The van der Waals surface area contributed by atoms with Crippen molar-refractivity contribution in [3.63, 3.8) is 0 Å². The third-order valence-corrected chi connectivity index (χ3v) is 9.30. The van der Waals surface area contributed by atoms with Crippen LogP contribution in [0.25, 0.3) is 0 Å². The molecule has 2 bridgehead atoms. The largest absolute Gasteiger partial charge is 0.380 e. The van der Waals surface area contributed by atoms with Gasteiger partial charge in [0.15, 0.2) is 0 Å². The molecule has 0 aromatic heterocycles. The normalized spacial score (nSPS) is 30.0. The lowest BCUT2D eigenvalue weighted by Crippen LogP contribution is -2.43. The number of carbonyl (C=O) groups is 1. The third-order valence-electron chi connectivity index (χ3n) is 6.42. The molecule has 11 heteroatoms. The van der Waals surface area contributed by atoms with Gasteiger partial charge in [0.2, 0.25) is 0 Å². The highest BCUT2D eigenvalue weighted by Crippen LogP contribution is 2.64. The average Bonchev–Trinajstić information content (AvgIpc) is 3.27. The van der Waals surface area contributed by atoms with Crippen LogP contribution in [0.15, 0.2) is 33.6 Å². The summed E-state index contributed by atoms with van der Waals surface area (Å²) in [5.74, 6) is -1.42. The van der Waals surface area contributed by atoms with Crippen LogP contribution in [0.1, 0.15) is 33.1 Å². The molecule has 1 aromatic carbocycles. The number of amidine groups is 1. The monoisotopic (exact) mass is 430 g/mol. The minimum atomic E-state index is -4.48. The van der Waals surface area contributed by atoms with Crippen LogP contribution in [0.5, 0.6) is 0 Å². The van der Waals surface area contributed by atoms with E-state index in [1.165, 1.54) is 12.1 Å². The minimum Gasteiger partial charge on any atom is -0.315 e. The fourth-order valence-electron chi connectivity index (χ4n) is 4.56. The molecule has 2 aliphatic carbocycles. The molecule has 0 spiro atoms. The molecule has 0 amide bonds. The number of hydrogen-bond acceptors (Lipinski definition) is 6. The van der Waals surface area contributed by atoms with Crippen LogP contribution >= 0.6 is 0 Å². The van der Waals surface area contributed by atoms with Gasteiger partial charge in [-0.05, 0) is 40.8 Å². The Kier molecular flexibility index (Phi) is 3.97. The molecule has 2 saturated carbocycles. The maximum Gasteiger partial charge on any atom is 0.380 e. The van der Waals surface area contributed by atoms with Crippen molar-refractivity contribution in [3.8, 4) is 0 Å². The summed E-state index contributed by atoms with van der Waals surface area (Å²) in [5.41, 5.74) is -1.48. The highest BCUT2D eigenvalue weighted by molar-refractivity contribution is 7.91. The maximum absolute atomic E-state index is 13.7. The van der Waals surface area contributed by atoms with Crippen molar-refractivity contribution in [3.05, 3.63) is 30.1 Å². The summed E-state index contributed by atoms with van der Waals surface area (Å²) in [6.07, 6.45) is 1.60. The lowest BCUT2D eigenvalue weighted by molar-refractivity contribution is -0.128. The van der Waals surface area contributed by atoms with Crippen LogP contribution in [-0.4, -0.2) is 38.9 Å². The molecule has 3 fully saturated rings. The van der Waals surface area contributed by atoms with E-state index in [1.807, 2.05) is 13.8 Å². The first-order chi connectivity index (χ1) is 12.9. The molecule has 0 radical (unpaired) electrons. The fraction of sp³-hybridized carbons (Fsp3) is 0.529. The van der Waals surface area contributed by atoms with Crippen LogP contribution in [0, 0.1) is 22.6 Å². The summed E-state index contributed by atoms with van der Waals surface area (Å²) in [5, 5.41) is 0. The first-order valence-electron chi connectivity index (χ1n) is 8.74. The summed E-state index contributed by atoms with van der Waals surface area (Å²) in [7, 11) is -8.61.